The molecule has 30 heavy (non-hydrogen) atoms. The molecule has 0 bridgehead atoms. The number of hydrogen-bond donors (Lipinski definition) is 2. The monoisotopic (exact) mass is 445 g/mol. The lowest BCUT2D eigenvalue weighted by molar-refractivity contribution is -0.129. The van der Waals surface area contributed by atoms with E-state index in [9.17, 15) is 9.59 Å². The Balaban J connectivity index is 1.27. The van der Waals surface area contributed by atoms with Gasteiger partial charge in [0.05, 0.1) is 21.8 Å². The Hall–Kier alpha value is -2.64. The molecule has 3 rings (SSSR count). The van der Waals surface area contributed by atoms with E-state index in [2.05, 4.69) is 15.8 Å². The molecule has 0 radical (unpaired) electrons. The minimum atomic E-state index is -0.244. The van der Waals surface area contributed by atoms with Crippen LogP contribution < -0.4 is 15.6 Å². The molecule has 2 aromatic carbocycles. The highest BCUT2D eigenvalue weighted by Gasteiger charge is 2.08. The number of halogens is 1. The number of carbonyl (C=O) groups excluding carboxylic acids is 2. The first kappa shape index (κ1) is 22.1. The number of thiazole rings is 1. The van der Waals surface area contributed by atoms with Crippen LogP contribution in [0.5, 0.6) is 5.75 Å². The van der Waals surface area contributed by atoms with Crippen molar-refractivity contribution in [2.24, 2.45) is 0 Å². The predicted octanol–water partition coefficient (Wildman–Crippen LogP) is 4.59. The normalized spacial score (nSPS) is 10.7. The third-order valence-corrected chi connectivity index (χ3v) is 5.75. The average Bonchev–Trinajstić information content (AvgIpc) is 3.13. The topological polar surface area (TPSA) is 80.3 Å². The molecule has 8 heteroatoms. The summed E-state index contributed by atoms with van der Waals surface area (Å²) in [5.74, 6) is 0.296. The maximum Gasteiger partial charge on any atom is 0.238 e. The number of hydrazine groups is 1. The largest absolute Gasteiger partial charge is 0.493 e. The van der Waals surface area contributed by atoms with E-state index < -0.39 is 0 Å². The maximum atomic E-state index is 11.9. The van der Waals surface area contributed by atoms with Gasteiger partial charge in [-0.3, -0.25) is 20.4 Å². The Bertz CT molecular complexity index is 989. The molecule has 1 aromatic heterocycles. The summed E-state index contributed by atoms with van der Waals surface area (Å²) in [5.41, 5.74) is 6.84. The Labute approximate surface area is 184 Å². The minimum Gasteiger partial charge on any atom is -0.493 e. The number of hydrogen-bond acceptors (Lipinski definition) is 5. The first-order valence-corrected chi connectivity index (χ1v) is 11.0. The number of rotatable bonds is 9. The maximum absolute atomic E-state index is 11.9. The third-order valence-electron chi connectivity index (χ3n) is 4.42. The molecule has 0 saturated heterocycles. The summed E-state index contributed by atoms with van der Waals surface area (Å²) in [6.45, 7) is 2.33. The third kappa shape index (κ3) is 6.71. The van der Waals surface area contributed by atoms with E-state index in [-0.39, 0.29) is 18.2 Å². The lowest BCUT2D eigenvalue weighted by atomic mass is 10.2. The molecule has 3 aromatic rings. The molecule has 6 nitrogen and oxygen atoms in total. The molecular formula is C22H24ClN3O3S. The van der Waals surface area contributed by atoms with Crippen molar-refractivity contribution >= 4 is 45.0 Å². The zero-order valence-corrected chi connectivity index (χ0v) is 18.3. The van der Waals surface area contributed by atoms with Gasteiger partial charge in [-0.05, 0) is 62.1 Å². The van der Waals surface area contributed by atoms with Gasteiger partial charge in [-0.15, -0.1) is 11.3 Å². The van der Waals surface area contributed by atoms with Crippen molar-refractivity contribution in [2.45, 2.75) is 39.0 Å². The van der Waals surface area contributed by atoms with Gasteiger partial charge in [0.15, 0.2) is 0 Å². The van der Waals surface area contributed by atoms with Gasteiger partial charge in [0, 0.05) is 17.9 Å². The van der Waals surface area contributed by atoms with Crippen LogP contribution in [0.4, 0.5) is 0 Å². The fraction of sp³-hybridized carbons (Fsp3) is 0.318. The molecule has 0 saturated carbocycles. The molecule has 0 aliphatic carbocycles. The number of nitrogens with one attached hydrogen (secondary N) is 2. The molecule has 0 spiro atoms. The fourth-order valence-electron chi connectivity index (χ4n) is 2.88. The van der Waals surface area contributed by atoms with Gasteiger partial charge in [-0.2, -0.15) is 0 Å². The highest BCUT2D eigenvalue weighted by molar-refractivity contribution is 7.18. The van der Waals surface area contributed by atoms with Crippen LogP contribution in [-0.2, 0) is 16.0 Å². The fourth-order valence-corrected chi connectivity index (χ4v) is 4.12. The van der Waals surface area contributed by atoms with Crippen molar-refractivity contribution in [3.8, 4) is 5.75 Å². The van der Waals surface area contributed by atoms with E-state index in [1.165, 1.54) is 0 Å². The molecule has 0 aliphatic heterocycles. The zero-order valence-electron chi connectivity index (χ0n) is 16.7. The van der Waals surface area contributed by atoms with Crippen molar-refractivity contribution < 1.29 is 14.3 Å². The molecule has 0 unspecified atom stereocenters. The number of aromatic nitrogens is 1. The molecular weight excluding hydrogens is 422 g/mol. The highest BCUT2D eigenvalue weighted by atomic mass is 35.5. The zero-order chi connectivity index (χ0) is 21.3. The van der Waals surface area contributed by atoms with E-state index in [1.54, 1.807) is 17.4 Å². The smallest absolute Gasteiger partial charge is 0.238 e. The van der Waals surface area contributed by atoms with Gasteiger partial charge in [0.1, 0.15) is 5.75 Å². The summed E-state index contributed by atoms with van der Waals surface area (Å²) < 4.78 is 6.81. The van der Waals surface area contributed by atoms with Crippen molar-refractivity contribution in [1.29, 1.82) is 0 Å². The Morgan fingerprint density at radius 3 is 2.53 bits per heavy atom. The minimum absolute atomic E-state index is 0.211. The molecule has 0 fully saturated rings. The number of para-hydroxylation sites is 1. The van der Waals surface area contributed by atoms with Crippen LogP contribution in [0, 0.1) is 6.92 Å². The van der Waals surface area contributed by atoms with Gasteiger partial charge >= 0.3 is 0 Å². The second-order valence-corrected chi connectivity index (χ2v) is 8.44. The van der Waals surface area contributed by atoms with Crippen molar-refractivity contribution in [1.82, 2.24) is 15.8 Å². The highest BCUT2D eigenvalue weighted by Crippen LogP contribution is 2.23. The van der Waals surface area contributed by atoms with E-state index in [4.69, 9.17) is 16.3 Å². The quantitative estimate of drug-likeness (QED) is 0.373. The van der Waals surface area contributed by atoms with Crippen LogP contribution in [-0.4, -0.2) is 23.4 Å². The number of aryl methyl sites for hydroxylation is 2. The number of nitrogens with zero attached hydrogens (tertiary/aromatic N) is 1. The van der Waals surface area contributed by atoms with E-state index in [1.807, 2.05) is 43.3 Å². The molecule has 2 amide bonds. The summed E-state index contributed by atoms with van der Waals surface area (Å²) >= 11 is 7.56. The molecule has 0 atom stereocenters. The number of benzene rings is 2. The summed E-state index contributed by atoms with van der Waals surface area (Å²) in [4.78, 5) is 28.3. The predicted molar refractivity (Wildman–Crippen MR) is 120 cm³/mol. The Kier molecular flexibility index (Phi) is 8.04. The van der Waals surface area contributed by atoms with Gasteiger partial charge in [-0.1, -0.05) is 23.7 Å². The summed E-state index contributed by atoms with van der Waals surface area (Å²) in [6, 6.07) is 13.4. The number of carbonyl (C=O) groups is 2. The summed E-state index contributed by atoms with van der Waals surface area (Å²) in [6.07, 6.45) is 2.55. The standard InChI is InChI=1S/C22H24ClN3O3S/c1-15-14-16(23)11-12-18(15)29-13-5-9-21(28)26-25-20(27)8-4-10-22-24-17-6-2-3-7-19(17)30-22/h2-3,6-7,11-12,14H,4-5,8-10,13H2,1H3,(H,25,27)(H,26,28). The first-order chi connectivity index (χ1) is 14.5. The van der Waals surface area contributed by atoms with Crippen molar-refractivity contribution in [3.05, 3.63) is 58.1 Å². The van der Waals surface area contributed by atoms with E-state index in [0.717, 1.165) is 33.0 Å². The number of amides is 2. The van der Waals surface area contributed by atoms with Gasteiger partial charge < -0.3 is 4.74 Å². The molecule has 1 heterocycles. The average molecular weight is 446 g/mol. The van der Waals surface area contributed by atoms with E-state index >= 15 is 0 Å². The summed E-state index contributed by atoms with van der Waals surface area (Å²) in [7, 11) is 0. The second kappa shape index (κ2) is 10.9. The second-order valence-electron chi connectivity index (χ2n) is 6.89. The SMILES string of the molecule is Cc1cc(Cl)ccc1OCCCC(=O)NNC(=O)CCCc1nc2ccccc2s1. The van der Waals surface area contributed by atoms with E-state index in [0.29, 0.717) is 30.9 Å². The molecule has 2 N–H and O–H groups in total. The first-order valence-electron chi connectivity index (χ1n) is 9.82. The summed E-state index contributed by atoms with van der Waals surface area (Å²) in [5, 5.41) is 1.68. The van der Waals surface area contributed by atoms with Crippen LogP contribution in [0.1, 0.15) is 36.3 Å². The van der Waals surface area contributed by atoms with Crippen LogP contribution in [0.25, 0.3) is 10.2 Å². The molecule has 158 valence electrons. The van der Waals surface area contributed by atoms with Crippen molar-refractivity contribution in [2.75, 3.05) is 6.61 Å². The molecule has 0 aliphatic rings. The van der Waals surface area contributed by atoms with Gasteiger partial charge in [0.25, 0.3) is 0 Å². The van der Waals surface area contributed by atoms with Crippen LogP contribution in [0.3, 0.4) is 0 Å². The number of ether oxygens (including phenoxy) is 1. The van der Waals surface area contributed by atoms with Crippen molar-refractivity contribution in [3.63, 3.8) is 0 Å². The van der Waals surface area contributed by atoms with Gasteiger partial charge in [0.2, 0.25) is 11.8 Å². The van der Waals surface area contributed by atoms with Crippen LogP contribution in [0.15, 0.2) is 42.5 Å². The van der Waals surface area contributed by atoms with Crippen LogP contribution >= 0.6 is 22.9 Å². The lowest BCUT2D eigenvalue weighted by Crippen LogP contribution is -2.41. The Morgan fingerprint density at radius 1 is 1.07 bits per heavy atom. The Morgan fingerprint density at radius 2 is 1.80 bits per heavy atom. The lowest BCUT2D eigenvalue weighted by Gasteiger charge is -2.10. The number of fused-ring (bicyclic) bond motifs is 1. The van der Waals surface area contributed by atoms with Gasteiger partial charge in [-0.25, -0.2) is 4.98 Å². The van der Waals surface area contributed by atoms with Crippen LogP contribution in [0.2, 0.25) is 5.02 Å².